The number of ether oxygens (including phenoxy) is 2. The summed E-state index contributed by atoms with van der Waals surface area (Å²) in [5.41, 5.74) is 0.960. The molecule has 2 aliphatic rings. The van der Waals surface area contributed by atoms with Crippen molar-refractivity contribution in [2.45, 2.75) is 58.5 Å². The fourth-order valence-electron chi connectivity index (χ4n) is 5.40. The highest BCUT2D eigenvalue weighted by Gasteiger charge is 2.53. The Morgan fingerprint density at radius 2 is 1.45 bits per heavy atom. The molecule has 0 unspecified atom stereocenters. The van der Waals surface area contributed by atoms with Crippen LogP contribution in [-0.2, 0) is 15.1 Å². The van der Waals surface area contributed by atoms with Crippen LogP contribution in [0.3, 0.4) is 0 Å². The van der Waals surface area contributed by atoms with Gasteiger partial charge in [0.2, 0.25) is 5.91 Å². The molecule has 0 radical (unpaired) electrons. The van der Waals surface area contributed by atoms with Crippen molar-refractivity contribution in [2.24, 2.45) is 5.41 Å². The van der Waals surface area contributed by atoms with Gasteiger partial charge < -0.3 is 30.3 Å². The molecule has 42 heavy (non-hydrogen) atoms. The number of hydrogen-bond acceptors (Lipinski definition) is 7. The van der Waals surface area contributed by atoms with E-state index in [4.69, 9.17) is 9.47 Å². The van der Waals surface area contributed by atoms with E-state index in [0.29, 0.717) is 41.8 Å². The zero-order valence-electron chi connectivity index (χ0n) is 24.1. The Bertz CT molecular complexity index is 1490. The number of unbranched alkanes of at least 4 members (excludes halogenated alkanes) is 2. The number of fused-ring (bicyclic) bond motifs is 6. The molecule has 4 N–H and O–H groups in total. The van der Waals surface area contributed by atoms with E-state index in [1.165, 1.54) is 30.3 Å². The normalized spacial score (nSPS) is 14.3. The molecule has 0 fully saturated rings. The highest BCUT2D eigenvalue weighted by atomic mass is 16.6. The van der Waals surface area contributed by atoms with Gasteiger partial charge in [-0.2, -0.15) is 0 Å². The average molecular weight is 573 g/mol. The minimum atomic E-state index is -1.37. The molecule has 2 amide bonds. The number of carbonyl (C=O) groups is 3. The standard InChI is InChI=1S/C33H36N2O7/c1-32(2,3)14-16-34-29(38)7-5-4-6-15-35-30(39)20-8-11-24-23(17-20)31(40)42-33(24)25-12-9-21(36)18-27(25)41-28-19-22(37)10-13-26(28)33/h8-13,17-19,36-37H,4-7,14-16H2,1-3H3,(H,34,38)(H,35,39). The predicted octanol–water partition coefficient (Wildman–Crippen LogP) is 5.51. The number of nitrogens with one attached hydrogen (secondary N) is 2. The van der Waals surface area contributed by atoms with Crippen LogP contribution in [0, 0.1) is 5.41 Å². The van der Waals surface area contributed by atoms with E-state index < -0.39 is 11.6 Å². The number of hydrogen-bond donors (Lipinski definition) is 4. The third-order valence-electron chi connectivity index (χ3n) is 7.60. The molecule has 0 bridgehead atoms. The molecule has 0 aromatic heterocycles. The first-order valence-electron chi connectivity index (χ1n) is 14.3. The monoisotopic (exact) mass is 572 g/mol. The first-order valence-corrected chi connectivity index (χ1v) is 14.3. The SMILES string of the molecule is CC(C)(C)CCNC(=O)CCCCCNC(=O)c1ccc2c(c1)C(=O)OC21c2ccc(O)cc2Oc2cc(O)ccc21. The van der Waals surface area contributed by atoms with Gasteiger partial charge in [-0.05, 0) is 61.1 Å². The molecule has 0 aliphatic carbocycles. The van der Waals surface area contributed by atoms with Crippen LogP contribution in [0.1, 0.15) is 90.3 Å². The average Bonchev–Trinajstić information content (AvgIpc) is 3.21. The van der Waals surface area contributed by atoms with Crippen molar-refractivity contribution in [3.63, 3.8) is 0 Å². The van der Waals surface area contributed by atoms with E-state index in [0.717, 1.165) is 25.7 Å². The lowest BCUT2D eigenvalue weighted by molar-refractivity contribution is -0.121. The molecular formula is C33H36N2O7. The van der Waals surface area contributed by atoms with Gasteiger partial charge in [-0.1, -0.05) is 33.3 Å². The summed E-state index contributed by atoms with van der Waals surface area (Å²) in [5, 5.41) is 26.0. The van der Waals surface area contributed by atoms with E-state index in [1.807, 2.05) is 0 Å². The van der Waals surface area contributed by atoms with Gasteiger partial charge >= 0.3 is 5.97 Å². The van der Waals surface area contributed by atoms with Crippen LogP contribution in [0.15, 0.2) is 54.6 Å². The molecule has 5 rings (SSSR count). The Balaban J connectivity index is 1.24. The Kier molecular flexibility index (Phi) is 7.86. The van der Waals surface area contributed by atoms with Crippen molar-refractivity contribution in [1.29, 1.82) is 0 Å². The van der Waals surface area contributed by atoms with Crippen LogP contribution >= 0.6 is 0 Å². The van der Waals surface area contributed by atoms with E-state index in [-0.39, 0.29) is 45.8 Å². The second kappa shape index (κ2) is 11.4. The van der Waals surface area contributed by atoms with Gasteiger partial charge in [0.1, 0.15) is 23.0 Å². The smallest absolute Gasteiger partial charge is 0.340 e. The lowest BCUT2D eigenvalue weighted by Crippen LogP contribution is -2.33. The fourth-order valence-corrected chi connectivity index (χ4v) is 5.40. The molecule has 0 atom stereocenters. The van der Waals surface area contributed by atoms with Crippen molar-refractivity contribution in [1.82, 2.24) is 10.6 Å². The number of amides is 2. The third kappa shape index (κ3) is 5.77. The van der Waals surface area contributed by atoms with Gasteiger partial charge in [0.15, 0.2) is 5.60 Å². The molecule has 3 aromatic carbocycles. The number of esters is 1. The lowest BCUT2D eigenvalue weighted by atomic mass is 9.77. The third-order valence-corrected chi connectivity index (χ3v) is 7.60. The number of benzene rings is 3. The Hall–Kier alpha value is -4.53. The van der Waals surface area contributed by atoms with E-state index in [1.54, 1.807) is 24.3 Å². The van der Waals surface area contributed by atoms with Crippen LogP contribution in [0.2, 0.25) is 0 Å². The number of carbonyl (C=O) groups excluding carboxylic acids is 3. The summed E-state index contributed by atoms with van der Waals surface area (Å²) < 4.78 is 12.0. The molecule has 1 spiro atoms. The molecule has 220 valence electrons. The van der Waals surface area contributed by atoms with Gasteiger partial charge in [0.05, 0.1) is 5.56 Å². The second-order valence-corrected chi connectivity index (χ2v) is 12.0. The summed E-state index contributed by atoms with van der Waals surface area (Å²) in [7, 11) is 0. The van der Waals surface area contributed by atoms with Gasteiger partial charge in [-0.25, -0.2) is 4.79 Å². The largest absolute Gasteiger partial charge is 0.508 e. The molecule has 2 aliphatic heterocycles. The van der Waals surface area contributed by atoms with E-state index in [2.05, 4.69) is 31.4 Å². The summed E-state index contributed by atoms with van der Waals surface area (Å²) in [6.45, 7) is 7.55. The summed E-state index contributed by atoms with van der Waals surface area (Å²) in [4.78, 5) is 38.2. The van der Waals surface area contributed by atoms with Crippen molar-refractivity contribution < 1.29 is 34.1 Å². The molecule has 3 aromatic rings. The highest BCUT2D eigenvalue weighted by molar-refractivity contribution is 6.01. The van der Waals surface area contributed by atoms with Crippen LogP contribution in [-0.4, -0.2) is 41.1 Å². The second-order valence-electron chi connectivity index (χ2n) is 12.0. The minimum absolute atomic E-state index is 0.0246. The van der Waals surface area contributed by atoms with Crippen molar-refractivity contribution in [2.75, 3.05) is 13.1 Å². The maximum atomic E-state index is 13.2. The Morgan fingerprint density at radius 1 is 0.810 bits per heavy atom. The molecule has 0 saturated carbocycles. The first-order chi connectivity index (χ1) is 20.0. The highest BCUT2D eigenvalue weighted by Crippen LogP contribution is 2.57. The first kappa shape index (κ1) is 29.0. The summed E-state index contributed by atoms with van der Waals surface area (Å²) in [5.74, 6) is -0.327. The maximum absolute atomic E-state index is 13.2. The quantitative estimate of drug-likeness (QED) is 0.196. The van der Waals surface area contributed by atoms with Gasteiger partial charge in [0, 0.05) is 53.9 Å². The van der Waals surface area contributed by atoms with Gasteiger partial charge in [-0.15, -0.1) is 0 Å². The summed E-state index contributed by atoms with van der Waals surface area (Å²) in [6, 6.07) is 14.0. The Morgan fingerprint density at radius 3 is 2.10 bits per heavy atom. The van der Waals surface area contributed by atoms with Crippen LogP contribution in [0.25, 0.3) is 0 Å². The van der Waals surface area contributed by atoms with Crippen molar-refractivity contribution in [3.05, 3.63) is 82.4 Å². The predicted molar refractivity (Wildman–Crippen MR) is 156 cm³/mol. The zero-order valence-corrected chi connectivity index (χ0v) is 24.1. The molecule has 0 saturated heterocycles. The Labute approximate surface area is 244 Å². The molecule has 9 nitrogen and oxygen atoms in total. The van der Waals surface area contributed by atoms with Crippen LogP contribution in [0.5, 0.6) is 23.0 Å². The van der Waals surface area contributed by atoms with Crippen molar-refractivity contribution >= 4 is 17.8 Å². The van der Waals surface area contributed by atoms with Gasteiger partial charge in [-0.3, -0.25) is 9.59 Å². The molecular weight excluding hydrogens is 536 g/mol. The van der Waals surface area contributed by atoms with Crippen LogP contribution < -0.4 is 15.4 Å². The summed E-state index contributed by atoms with van der Waals surface area (Å²) >= 11 is 0. The van der Waals surface area contributed by atoms with Crippen molar-refractivity contribution in [3.8, 4) is 23.0 Å². The molecule has 2 heterocycles. The molecule has 9 heteroatoms. The van der Waals surface area contributed by atoms with E-state index in [9.17, 15) is 24.6 Å². The van der Waals surface area contributed by atoms with Gasteiger partial charge in [0.25, 0.3) is 5.91 Å². The number of phenolic OH excluding ortho intramolecular Hbond substituents is 2. The lowest BCUT2D eigenvalue weighted by Gasteiger charge is -2.36. The number of aromatic hydroxyl groups is 2. The minimum Gasteiger partial charge on any atom is -0.508 e. The topological polar surface area (TPSA) is 134 Å². The zero-order chi connectivity index (χ0) is 30.1. The van der Waals surface area contributed by atoms with E-state index >= 15 is 0 Å². The number of rotatable bonds is 9. The number of phenols is 2. The summed E-state index contributed by atoms with van der Waals surface area (Å²) in [6.07, 6.45) is 3.66. The van der Waals surface area contributed by atoms with Crippen LogP contribution in [0.4, 0.5) is 0 Å². The fraction of sp³-hybridized carbons (Fsp3) is 0.364. The maximum Gasteiger partial charge on any atom is 0.340 e.